The minimum atomic E-state index is 0.0721. The van der Waals surface area contributed by atoms with Crippen LogP contribution in [0.2, 0.25) is 0 Å². The maximum absolute atomic E-state index is 5.80. The van der Waals surface area contributed by atoms with E-state index in [0.29, 0.717) is 0 Å². The molecule has 0 heterocycles. The molecule has 0 spiro atoms. The fourth-order valence-corrected chi connectivity index (χ4v) is 4.99. The van der Waals surface area contributed by atoms with Crippen LogP contribution in [0.25, 0.3) is 21.8 Å². The topological polar surface area (TPSA) is 9.23 Å². The molecule has 0 aromatic heterocycles. The van der Waals surface area contributed by atoms with Gasteiger partial charge in [0.1, 0.15) is 5.75 Å². The molecule has 0 aliphatic carbocycles. The first-order valence-corrected chi connectivity index (χ1v) is 12.1. The third-order valence-electron chi connectivity index (χ3n) is 6.81. The summed E-state index contributed by atoms with van der Waals surface area (Å²) in [6.45, 7) is 4.44. The van der Waals surface area contributed by atoms with Crippen LogP contribution in [0.5, 0.6) is 5.75 Å². The highest BCUT2D eigenvalue weighted by molar-refractivity contribution is 7.00. The third-order valence-corrected chi connectivity index (χ3v) is 6.81. The van der Waals surface area contributed by atoms with E-state index in [-0.39, 0.29) is 6.71 Å². The van der Waals surface area contributed by atoms with Crippen LogP contribution in [0.15, 0.2) is 121 Å². The molecule has 1 nitrogen and oxygen atoms in total. The summed E-state index contributed by atoms with van der Waals surface area (Å²) in [6.07, 6.45) is 0. The van der Waals surface area contributed by atoms with Gasteiger partial charge in [-0.3, -0.25) is 0 Å². The Morgan fingerprint density at radius 2 is 1.26 bits per heavy atom. The van der Waals surface area contributed by atoms with E-state index in [2.05, 4.69) is 123 Å². The Balaban J connectivity index is 1.84. The molecule has 0 radical (unpaired) electrons. The van der Waals surface area contributed by atoms with Crippen LogP contribution >= 0.6 is 0 Å². The lowest BCUT2D eigenvalue weighted by molar-refractivity contribution is 0.413. The fraction of sp³-hybridized carbons (Fsp3) is 0.0909. The van der Waals surface area contributed by atoms with Gasteiger partial charge in [-0.2, -0.15) is 0 Å². The van der Waals surface area contributed by atoms with E-state index in [0.717, 1.165) is 11.3 Å². The molecule has 0 N–H and O–H groups in total. The van der Waals surface area contributed by atoms with Gasteiger partial charge in [0.05, 0.1) is 7.11 Å². The van der Waals surface area contributed by atoms with E-state index < -0.39 is 0 Å². The molecule has 0 aliphatic rings. The second-order valence-corrected chi connectivity index (χ2v) is 9.06. The standard InChI is InChI=1S/C33H29BO/c1-24-17-21-30(22-18-24)34(29-13-5-4-6-14-29)33(25(2)31-15-9-10-16-32(31)35-3)28-20-19-26-11-7-8-12-27(26)23-28/h4-23H,1-3H3/b33-25-. The number of methoxy groups -OCH3 is 1. The van der Waals surface area contributed by atoms with Crippen LogP contribution < -0.4 is 15.7 Å². The summed E-state index contributed by atoms with van der Waals surface area (Å²) in [4.78, 5) is 0. The molecule has 35 heavy (non-hydrogen) atoms. The van der Waals surface area contributed by atoms with Crippen molar-refractivity contribution in [2.75, 3.05) is 7.11 Å². The summed E-state index contributed by atoms with van der Waals surface area (Å²) in [5, 5.41) is 2.49. The minimum absolute atomic E-state index is 0.0721. The number of fused-ring (bicyclic) bond motifs is 1. The Labute approximate surface area is 208 Å². The highest BCUT2D eigenvalue weighted by Gasteiger charge is 2.28. The Hall–Kier alpha value is -4.04. The first kappa shape index (κ1) is 22.7. The van der Waals surface area contributed by atoms with Crippen LogP contribution in [0.4, 0.5) is 0 Å². The maximum atomic E-state index is 5.80. The quantitative estimate of drug-likeness (QED) is 0.200. The molecule has 0 fully saturated rings. The molecule has 0 saturated heterocycles. The lowest BCUT2D eigenvalue weighted by atomic mass is 9.34. The van der Waals surface area contributed by atoms with Crippen LogP contribution in [-0.2, 0) is 0 Å². The number of hydrogen-bond acceptors (Lipinski definition) is 1. The van der Waals surface area contributed by atoms with E-state index in [9.17, 15) is 0 Å². The van der Waals surface area contributed by atoms with Gasteiger partial charge in [0, 0.05) is 5.56 Å². The van der Waals surface area contributed by atoms with Crippen molar-refractivity contribution in [2.45, 2.75) is 13.8 Å². The van der Waals surface area contributed by atoms with Gasteiger partial charge in [0.2, 0.25) is 6.71 Å². The van der Waals surface area contributed by atoms with E-state index in [1.807, 2.05) is 12.1 Å². The van der Waals surface area contributed by atoms with Crippen molar-refractivity contribution in [1.29, 1.82) is 0 Å². The number of allylic oxidation sites excluding steroid dienone is 1. The number of ether oxygens (including phenoxy) is 1. The van der Waals surface area contributed by atoms with Gasteiger partial charge < -0.3 is 4.74 Å². The van der Waals surface area contributed by atoms with E-state index >= 15 is 0 Å². The number of aryl methyl sites for hydroxylation is 1. The smallest absolute Gasteiger partial charge is 0.242 e. The van der Waals surface area contributed by atoms with Gasteiger partial charge in [0.25, 0.3) is 0 Å². The van der Waals surface area contributed by atoms with Crippen LogP contribution in [0.3, 0.4) is 0 Å². The Morgan fingerprint density at radius 1 is 0.629 bits per heavy atom. The van der Waals surface area contributed by atoms with E-state index in [4.69, 9.17) is 4.74 Å². The van der Waals surface area contributed by atoms with Crippen molar-refractivity contribution in [1.82, 2.24) is 0 Å². The maximum Gasteiger partial charge on any atom is 0.242 e. The third kappa shape index (κ3) is 4.65. The normalized spacial score (nSPS) is 11.7. The Kier molecular flexibility index (Phi) is 6.54. The summed E-state index contributed by atoms with van der Waals surface area (Å²) >= 11 is 0. The first-order chi connectivity index (χ1) is 17.2. The second kappa shape index (κ2) is 10.1. The Morgan fingerprint density at radius 3 is 2.00 bits per heavy atom. The molecule has 0 bridgehead atoms. The molecule has 2 heteroatoms. The largest absolute Gasteiger partial charge is 0.496 e. The summed E-state index contributed by atoms with van der Waals surface area (Å²) < 4.78 is 5.80. The molecule has 0 unspecified atom stereocenters. The van der Waals surface area contributed by atoms with Crippen molar-refractivity contribution >= 4 is 39.5 Å². The van der Waals surface area contributed by atoms with Crippen molar-refractivity contribution in [3.63, 3.8) is 0 Å². The second-order valence-electron chi connectivity index (χ2n) is 9.06. The molecule has 0 atom stereocenters. The summed E-state index contributed by atoms with van der Waals surface area (Å²) in [7, 11) is 1.75. The molecule has 0 amide bonds. The SMILES string of the molecule is COc1ccccc1/C(C)=C(\B(c1ccccc1)c1ccc(C)cc1)c1ccc2ccccc2c1. The van der Waals surface area contributed by atoms with Crippen molar-refractivity contribution in [3.05, 3.63) is 138 Å². The zero-order valence-electron chi connectivity index (χ0n) is 20.5. The zero-order valence-corrected chi connectivity index (χ0v) is 20.5. The van der Waals surface area contributed by atoms with Gasteiger partial charge in [0.15, 0.2) is 0 Å². The monoisotopic (exact) mass is 452 g/mol. The molecule has 0 saturated carbocycles. The number of hydrogen-bond donors (Lipinski definition) is 0. The molecular weight excluding hydrogens is 423 g/mol. The van der Waals surface area contributed by atoms with Crippen molar-refractivity contribution < 1.29 is 4.74 Å². The summed E-state index contributed by atoms with van der Waals surface area (Å²) in [5.74, 6) is 0.888. The van der Waals surface area contributed by atoms with E-state index in [1.165, 1.54) is 43.9 Å². The molecule has 0 aliphatic heterocycles. The lowest BCUT2D eigenvalue weighted by Gasteiger charge is -2.24. The fourth-order valence-electron chi connectivity index (χ4n) is 4.99. The lowest BCUT2D eigenvalue weighted by Crippen LogP contribution is -2.44. The van der Waals surface area contributed by atoms with Gasteiger partial charge >= 0.3 is 0 Å². The zero-order chi connectivity index (χ0) is 24.2. The van der Waals surface area contributed by atoms with Gasteiger partial charge in [-0.1, -0.05) is 131 Å². The van der Waals surface area contributed by atoms with E-state index in [1.54, 1.807) is 7.11 Å². The van der Waals surface area contributed by atoms with Crippen LogP contribution in [0, 0.1) is 6.92 Å². The highest BCUT2D eigenvalue weighted by Crippen LogP contribution is 2.34. The average Bonchev–Trinajstić information content (AvgIpc) is 2.92. The van der Waals surface area contributed by atoms with Crippen molar-refractivity contribution in [2.24, 2.45) is 0 Å². The predicted octanol–water partition coefficient (Wildman–Crippen LogP) is 6.94. The predicted molar refractivity (Wildman–Crippen MR) is 152 cm³/mol. The molecule has 5 aromatic carbocycles. The van der Waals surface area contributed by atoms with Crippen LogP contribution in [0.1, 0.15) is 23.6 Å². The summed E-state index contributed by atoms with van der Waals surface area (Å²) in [5.41, 5.74) is 8.65. The van der Waals surface area contributed by atoms with Gasteiger partial charge in [-0.25, -0.2) is 0 Å². The minimum Gasteiger partial charge on any atom is -0.496 e. The highest BCUT2D eigenvalue weighted by atomic mass is 16.5. The first-order valence-electron chi connectivity index (χ1n) is 12.1. The van der Waals surface area contributed by atoms with Crippen molar-refractivity contribution in [3.8, 4) is 5.75 Å². The Bertz CT molecular complexity index is 1480. The number of para-hydroxylation sites is 1. The van der Waals surface area contributed by atoms with Crippen LogP contribution in [-0.4, -0.2) is 13.8 Å². The molecule has 5 aromatic rings. The average molecular weight is 452 g/mol. The van der Waals surface area contributed by atoms with Gasteiger partial charge in [-0.05, 0) is 47.9 Å². The summed E-state index contributed by atoms with van der Waals surface area (Å²) in [6, 6.07) is 43.5. The number of rotatable bonds is 6. The number of benzene rings is 5. The molecular formula is C33H29BO. The van der Waals surface area contributed by atoms with Gasteiger partial charge in [-0.15, -0.1) is 0 Å². The molecule has 170 valence electrons. The molecule has 5 rings (SSSR count).